The number of halogens is 3. The summed E-state index contributed by atoms with van der Waals surface area (Å²) in [5.41, 5.74) is -1.15. The van der Waals surface area contributed by atoms with Crippen LogP contribution in [0.25, 0.3) is 0 Å². The highest BCUT2D eigenvalue weighted by Crippen LogP contribution is 2.27. The number of carboxylic acid groups (broad SMARTS) is 1. The molecule has 1 unspecified atom stereocenters. The predicted octanol–water partition coefficient (Wildman–Crippen LogP) is 1.01. The molecule has 0 saturated heterocycles. The fraction of sp³-hybridized carbons (Fsp3) is 0.444. The Morgan fingerprint density at radius 1 is 1.61 bits per heavy atom. The maximum absolute atomic E-state index is 12.4. The van der Waals surface area contributed by atoms with E-state index in [0.29, 0.717) is 6.07 Å². The van der Waals surface area contributed by atoms with E-state index in [0.717, 1.165) is 6.20 Å². The SMILES string of the molecule is COCC(Nc1nccc(C(F)(F)F)n1)C(=O)O. The Hall–Kier alpha value is -1.90. The largest absolute Gasteiger partial charge is 0.480 e. The van der Waals surface area contributed by atoms with Gasteiger partial charge >= 0.3 is 12.1 Å². The van der Waals surface area contributed by atoms with Crippen LogP contribution in [0.2, 0.25) is 0 Å². The van der Waals surface area contributed by atoms with Gasteiger partial charge in [0.2, 0.25) is 5.95 Å². The summed E-state index contributed by atoms with van der Waals surface area (Å²) in [6, 6.07) is -0.532. The Morgan fingerprint density at radius 3 is 2.78 bits per heavy atom. The molecule has 1 aromatic heterocycles. The lowest BCUT2D eigenvalue weighted by molar-refractivity contribution is -0.141. The molecule has 9 heteroatoms. The minimum atomic E-state index is -4.61. The molecule has 0 aliphatic carbocycles. The number of hydrogen-bond donors (Lipinski definition) is 2. The Balaban J connectivity index is 2.87. The molecule has 2 N–H and O–H groups in total. The molecule has 0 fully saturated rings. The fourth-order valence-corrected chi connectivity index (χ4v) is 1.08. The van der Waals surface area contributed by atoms with Crippen molar-refractivity contribution < 1.29 is 27.8 Å². The normalized spacial score (nSPS) is 13.1. The highest BCUT2D eigenvalue weighted by molar-refractivity contribution is 5.76. The standard InChI is InChI=1S/C9H10F3N3O3/c1-18-4-5(7(16)17)14-8-13-3-2-6(15-8)9(10,11)12/h2-3,5H,4H2,1H3,(H,16,17)(H,13,14,15). The number of hydrogen-bond acceptors (Lipinski definition) is 5. The van der Waals surface area contributed by atoms with Gasteiger partial charge in [0.1, 0.15) is 5.69 Å². The van der Waals surface area contributed by atoms with Crippen molar-refractivity contribution in [3.63, 3.8) is 0 Å². The van der Waals surface area contributed by atoms with Crippen LogP contribution < -0.4 is 5.32 Å². The maximum atomic E-state index is 12.4. The monoisotopic (exact) mass is 265 g/mol. The molecule has 0 aliphatic rings. The number of carbonyl (C=O) groups is 1. The molecule has 0 bridgehead atoms. The maximum Gasteiger partial charge on any atom is 0.433 e. The number of carboxylic acids is 1. The van der Waals surface area contributed by atoms with Crippen molar-refractivity contribution in [3.8, 4) is 0 Å². The van der Waals surface area contributed by atoms with E-state index >= 15 is 0 Å². The van der Waals surface area contributed by atoms with E-state index in [1.807, 2.05) is 0 Å². The smallest absolute Gasteiger partial charge is 0.433 e. The van der Waals surface area contributed by atoms with Crippen LogP contribution in [-0.2, 0) is 15.7 Å². The van der Waals surface area contributed by atoms with Gasteiger partial charge in [-0.2, -0.15) is 13.2 Å². The zero-order chi connectivity index (χ0) is 13.8. The number of nitrogens with one attached hydrogen (secondary N) is 1. The van der Waals surface area contributed by atoms with Gasteiger partial charge in [0.05, 0.1) is 6.61 Å². The Kier molecular flexibility index (Phi) is 4.43. The number of rotatable bonds is 5. The van der Waals surface area contributed by atoms with Crippen molar-refractivity contribution in [1.82, 2.24) is 9.97 Å². The zero-order valence-corrected chi connectivity index (χ0v) is 9.23. The molecule has 0 aliphatic heterocycles. The van der Waals surface area contributed by atoms with Gasteiger partial charge in [-0.1, -0.05) is 0 Å². The van der Waals surface area contributed by atoms with E-state index in [-0.39, 0.29) is 6.61 Å². The highest BCUT2D eigenvalue weighted by Gasteiger charge is 2.33. The van der Waals surface area contributed by atoms with E-state index in [1.54, 1.807) is 0 Å². The molecule has 0 spiro atoms. The highest BCUT2D eigenvalue weighted by atomic mass is 19.4. The molecule has 0 radical (unpaired) electrons. The second-order valence-corrected chi connectivity index (χ2v) is 3.25. The first kappa shape index (κ1) is 14.2. The van der Waals surface area contributed by atoms with Crippen molar-refractivity contribution in [2.45, 2.75) is 12.2 Å². The third-order valence-electron chi connectivity index (χ3n) is 1.88. The van der Waals surface area contributed by atoms with E-state index in [9.17, 15) is 18.0 Å². The molecule has 0 saturated carbocycles. The second-order valence-electron chi connectivity index (χ2n) is 3.25. The summed E-state index contributed by atoms with van der Waals surface area (Å²) in [5, 5.41) is 11.0. The van der Waals surface area contributed by atoms with Crippen molar-refractivity contribution in [2.75, 3.05) is 19.0 Å². The van der Waals surface area contributed by atoms with Gasteiger partial charge in [-0.25, -0.2) is 14.8 Å². The predicted molar refractivity (Wildman–Crippen MR) is 54.0 cm³/mol. The minimum Gasteiger partial charge on any atom is -0.480 e. The number of ether oxygens (including phenoxy) is 1. The number of alkyl halides is 3. The molecule has 18 heavy (non-hydrogen) atoms. The Bertz CT molecular complexity index is 425. The molecule has 0 amide bonds. The van der Waals surface area contributed by atoms with Crippen LogP contribution in [0.15, 0.2) is 12.3 Å². The van der Waals surface area contributed by atoms with Crippen molar-refractivity contribution >= 4 is 11.9 Å². The van der Waals surface area contributed by atoms with Crippen molar-refractivity contribution in [2.24, 2.45) is 0 Å². The van der Waals surface area contributed by atoms with Gasteiger partial charge < -0.3 is 15.2 Å². The Morgan fingerprint density at radius 2 is 2.28 bits per heavy atom. The molecule has 0 aromatic carbocycles. The lowest BCUT2D eigenvalue weighted by Gasteiger charge is -2.14. The number of aromatic nitrogens is 2. The second kappa shape index (κ2) is 5.63. The molecule has 1 heterocycles. The summed E-state index contributed by atoms with van der Waals surface area (Å²) in [6.07, 6.45) is -3.72. The minimum absolute atomic E-state index is 0.227. The molecular formula is C9H10F3N3O3. The van der Waals surface area contributed by atoms with E-state index in [4.69, 9.17) is 5.11 Å². The summed E-state index contributed by atoms with van der Waals surface area (Å²) < 4.78 is 41.7. The summed E-state index contributed by atoms with van der Waals surface area (Å²) >= 11 is 0. The van der Waals surface area contributed by atoms with E-state index in [2.05, 4.69) is 20.0 Å². The van der Waals surface area contributed by atoms with Crippen LogP contribution in [-0.4, -0.2) is 40.8 Å². The molecule has 1 aromatic rings. The summed E-state index contributed by atoms with van der Waals surface area (Å²) in [4.78, 5) is 17.5. The summed E-state index contributed by atoms with van der Waals surface area (Å²) in [7, 11) is 1.27. The topological polar surface area (TPSA) is 84.3 Å². The van der Waals surface area contributed by atoms with Gasteiger partial charge in [-0.05, 0) is 6.07 Å². The van der Waals surface area contributed by atoms with Gasteiger partial charge in [-0.15, -0.1) is 0 Å². The van der Waals surface area contributed by atoms with Gasteiger partial charge in [0.25, 0.3) is 0 Å². The lowest BCUT2D eigenvalue weighted by atomic mass is 10.3. The number of anilines is 1. The molecule has 100 valence electrons. The summed E-state index contributed by atoms with van der Waals surface area (Å²) in [6.45, 7) is -0.227. The quantitative estimate of drug-likeness (QED) is 0.826. The fourth-order valence-electron chi connectivity index (χ4n) is 1.08. The van der Waals surface area contributed by atoms with Gasteiger partial charge in [-0.3, -0.25) is 0 Å². The third-order valence-corrected chi connectivity index (χ3v) is 1.88. The molecular weight excluding hydrogens is 255 g/mol. The first-order valence-corrected chi connectivity index (χ1v) is 4.73. The zero-order valence-electron chi connectivity index (χ0n) is 9.23. The number of methoxy groups -OCH3 is 1. The van der Waals surface area contributed by atoms with Crippen LogP contribution in [0.5, 0.6) is 0 Å². The lowest BCUT2D eigenvalue weighted by Crippen LogP contribution is -2.34. The first-order chi connectivity index (χ1) is 8.34. The third kappa shape index (κ3) is 3.84. The molecule has 1 atom stereocenters. The van der Waals surface area contributed by atoms with Crippen LogP contribution in [0.3, 0.4) is 0 Å². The number of aliphatic carboxylic acids is 1. The molecule has 6 nitrogen and oxygen atoms in total. The van der Waals surface area contributed by atoms with Crippen molar-refractivity contribution in [1.29, 1.82) is 0 Å². The van der Waals surface area contributed by atoms with Crippen LogP contribution >= 0.6 is 0 Å². The van der Waals surface area contributed by atoms with Gasteiger partial charge in [0, 0.05) is 13.3 Å². The van der Waals surface area contributed by atoms with Crippen molar-refractivity contribution in [3.05, 3.63) is 18.0 Å². The molecule has 1 rings (SSSR count). The Labute approximate surface area is 99.8 Å². The van der Waals surface area contributed by atoms with Crippen LogP contribution in [0.1, 0.15) is 5.69 Å². The van der Waals surface area contributed by atoms with Crippen LogP contribution in [0.4, 0.5) is 19.1 Å². The number of nitrogens with zero attached hydrogens (tertiary/aromatic N) is 2. The first-order valence-electron chi connectivity index (χ1n) is 4.73. The van der Waals surface area contributed by atoms with E-state index < -0.39 is 29.8 Å². The van der Waals surface area contributed by atoms with Crippen LogP contribution in [0, 0.1) is 0 Å². The average Bonchev–Trinajstić information content (AvgIpc) is 2.27. The average molecular weight is 265 g/mol. The van der Waals surface area contributed by atoms with E-state index in [1.165, 1.54) is 7.11 Å². The summed E-state index contributed by atoms with van der Waals surface area (Å²) in [5.74, 6) is -1.70. The van der Waals surface area contributed by atoms with Gasteiger partial charge in [0.15, 0.2) is 6.04 Å².